The number of carbonyl (C=O) groups is 3. The van der Waals surface area contributed by atoms with E-state index in [1.54, 1.807) is 55.3 Å². The number of anilines is 2. The second-order valence-corrected chi connectivity index (χ2v) is 6.97. The first-order chi connectivity index (χ1) is 12.8. The fourth-order valence-corrected chi connectivity index (χ4v) is 3.23. The Bertz CT molecular complexity index is 916. The number of hydrogen-bond donors (Lipinski definition) is 1. The van der Waals surface area contributed by atoms with Gasteiger partial charge in [0.25, 0.3) is 5.91 Å². The standard InChI is InChI=1S/C21H22N2O4/c1-5-27-19(25)14-8-6-13(7-9-14)18(24)22-15-10-11-16-17(12-15)23(4)20(26)21(16,2)3/h6-12H,5H2,1-4H3,(H,22,24). The van der Waals surface area contributed by atoms with Crippen LogP contribution in [-0.4, -0.2) is 31.4 Å². The van der Waals surface area contributed by atoms with Crippen molar-refractivity contribution >= 4 is 29.2 Å². The molecule has 0 bridgehead atoms. The van der Waals surface area contributed by atoms with Crippen molar-refractivity contribution in [2.24, 2.45) is 0 Å². The first kappa shape index (κ1) is 18.6. The number of amides is 2. The maximum atomic E-state index is 12.5. The highest BCUT2D eigenvalue weighted by atomic mass is 16.5. The molecule has 1 heterocycles. The Morgan fingerprint density at radius 1 is 1.07 bits per heavy atom. The Morgan fingerprint density at radius 3 is 2.33 bits per heavy atom. The van der Waals surface area contributed by atoms with Crippen LogP contribution in [0.2, 0.25) is 0 Å². The number of esters is 1. The van der Waals surface area contributed by atoms with Gasteiger partial charge in [-0.2, -0.15) is 0 Å². The highest BCUT2D eigenvalue weighted by Crippen LogP contribution is 2.41. The van der Waals surface area contributed by atoms with Crippen LogP contribution in [0.5, 0.6) is 0 Å². The highest BCUT2D eigenvalue weighted by Gasteiger charge is 2.42. The van der Waals surface area contributed by atoms with Gasteiger partial charge in [-0.1, -0.05) is 6.07 Å². The van der Waals surface area contributed by atoms with Crippen LogP contribution in [0.25, 0.3) is 0 Å². The lowest BCUT2D eigenvalue weighted by Crippen LogP contribution is -2.33. The molecule has 0 saturated heterocycles. The van der Waals surface area contributed by atoms with Gasteiger partial charge in [0.2, 0.25) is 5.91 Å². The maximum absolute atomic E-state index is 12.5. The fraction of sp³-hybridized carbons (Fsp3) is 0.286. The SMILES string of the molecule is CCOC(=O)c1ccc(C(=O)Nc2ccc3c(c2)N(C)C(=O)C3(C)C)cc1. The predicted molar refractivity (Wildman–Crippen MR) is 103 cm³/mol. The third-order valence-electron chi connectivity index (χ3n) is 4.79. The van der Waals surface area contributed by atoms with Gasteiger partial charge in [-0.15, -0.1) is 0 Å². The van der Waals surface area contributed by atoms with Gasteiger partial charge in [0, 0.05) is 24.0 Å². The van der Waals surface area contributed by atoms with Crippen molar-refractivity contribution in [3.63, 3.8) is 0 Å². The summed E-state index contributed by atoms with van der Waals surface area (Å²) in [5.74, 6) is -0.689. The van der Waals surface area contributed by atoms with E-state index in [1.165, 1.54) is 0 Å². The smallest absolute Gasteiger partial charge is 0.338 e. The number of carbonyl (C=O) groups excluding carboxylic acids is 3. The van der Waals surface area contributed by atoms with Crippen LogP contribution in [-0.2, 0) is 14.9 Å². The molecule has 27 heavy (non-hydrogen) atoms. The fourth-order valence-electron chi connectivity index (χ4n) is 3.23. The lowest BCUT2D eigenvalue weighted by Gasteiger charge is -2.16. The van der Waals surface area contributed by atoms with Crippen LogP contribution in [0.3, 0.4) is 0 Å². The van der Waals surface area contributed by atoms with E-state index in [2.05, 4.69) is 5.32 Å². The third kappa shape index (κ3) is 3.30. The molecule has 0 fully saturated rings. The Hall–Kier alpha value is -3.15. The Balaban J connectivity index is 1.78. The molecule has 0 unspecified atom stereocenters. The van der Waals surface area contributed by atoms with Gasteiger partial charge in [0.15, 0.2) is 0 Å². The summed E-state index contributed by atoms with van der Waals surface area (Å²) in [7, 11) is 1.73. The molecule has 140 valence electrons. The highest BCUT2D eigenvalue weighted by molar-refractivity contribution is 6.09. The second-order valence-electron chi connectivity index (χ2n) is 6.97. The molecule has 6 heteroatoms. The average molecular weight is 366 g/mol. The Labute approximate surface area is 158 Å². The van der Waals surface area contributed by atoms with Crippen LogP contribution < -0.4 is 10.2 Å². The number of fused-ring (bicyclic) bond motifs is 1. The van der Waals surface area contributed by atoms with Gasteiger partial charge in [0.1, 0.15) is 0 Å². The molecule has 0 saturated carbocycles. The summed E-state index contributed by atoms with van der Waals surface area (Å²) >= 11 is 0. The van der Waals surface area contributed by atoms with Gasteiger partial charge in [-0.25, -0.2) is 4.79 Å². The molecule has 2 amide bonds. The summed E-state index contributed by atoms with van der Waals surface area (Å²) < 4.78 is 4.93. The molecule has 2 aromatic rings. The van der Waals surface area contributed by atoms with Crippen molar-refractivity contribution in [1.29, 1.82) is 0 Å². The Morgan fingerprint density at radius 2 is 1.70 bits per heavy atom. The van der Waals surface area contributed by atoms with Gasteiger partial charge >= 0.3 is 5.97 Å². The molecule has 2 aromatic carbocycles. The number of likely N-dealkylation sites (N-methyl/N-ethyl adjacent to an activating group) is 1. The van der Waals surface area contributed by atoms with E-state index >= 15 is 0 Å². The number of rotatable bonds is 4. The topological polar surface area (TPSA) is 75.7 Å². The second kappa shape index (κ2) is 6.87. The van der Waals surface area contributed by atoms with Crippen molar-refractivity contribution in [1.82, 2.24) is 0 Å². The van der Waals surface area contributed by atoms with Crippen molar-refractivity contribution in [3.8, 4) is 0 Å². The number of ether oxygens (including phenoxy) is 1. The molecule has 6 nitrogen and oxygen atoms in total. The first-order valence-corrected chi connectivity index (χ1v) is 8.77. The van der Waals surface area contributed by atoms with E-state index in [-0.39, 0.29) is 11.8 Å². The molecule has 0 atom stereocenters. The minimum atomic E-state index is -0.574. The number of nitrogens with zero attached hydrogens (tertiary/aromatic N) is 1. The molecule has 0 spiro atoms. The zero-order chi connectivity index (χ0) is 19.8. The number of nitrogens with one attached hydrogen (secondary N) is 1. The summed E-state index contributed by atoms with van der Waals surface area (Å²) in [6.45, 7) is 5.82. The Kier molecular flexibility index (Phi) is 4.74. The van der Waals surface area contributed by atoms with Crippen LogP contribution in [0.15, 0.2) is 42.5 Å². The molecule has 1 aliphatic rings. The molecule has 1 N–H and O–H groups in total. The summed E-state index contributed by atoms with van der Waals surface area (Å²) in [4.78, 5) is 38.1. The van der Waals surface area contributed by atoms with E-state index in [4.69, 9.17) is 4.74 Å². The van der Waals surface area contributed by atoms with Gasteiger partial charge in [-0.3, -0.25) is 9.59 Å². The summed E-state index contributed by atoms with van der Waals surface area (Å²) in [5.41, 5.74) is 2.58. The average Bonchev–Trinajstić information content (AvgIpc) is 2.82. The van der Waals surface area contributed by atoms with Crippen LogP contribution in [0.4, 0.5) is 11.4 Å². The van der Waals surface area contributed by atoms with Gasteiger partial charge < -0.3 is 15.0 Å². The molecule has 3 rings (SSSR count). The molecule has 0 aromatic heterocycles. The van der Waals surface area contributed by atoms with Gasteiger partial charge in [-0.05, 0) is 62.7 Å². The van der Waals surface area contributed by atoms with E-state index in [1.807, 2.05) is 19.9 Å². The normalized spacial score (nSPS) is 14.7. The molecular weight excluding hydrogens is 344 g/mol. The van der Waals surface area contributed by atoms with Crippen molar-refractivity contribution in [2.45, 2.75) is 26.2 Å². The lowest BCUT2D eigenvalue weighted by atomic mass is 9.86. The van der Waals surface area contributed by atoms with Crippen LogP contribution >= 0.6 is 0 Å². The minimum Gasteiger partial charge on any atom is -0.462 e. The van der Waals surface area contributed by atoms with Crippen molar-refractivity contribution < 1.29 is 19.1 Å². The van der Waals surface area contributed by atoms with E-state index in [9.17, 15) is 14.4 Å². The summed E-state index contributed by atoms with van der Waals surface area (Å²) in [6.07, 6.45) is 0. The van der Waals surface area contributed by atoms with Crippen LogP contribution in [0.1, 0.15) is 47.1 Å². The predicted octanol–water partition coefficient (Wildman–Crippen LogP) is 3.37. The number of hydrogen-bond acceptors (Lipinski definition) is 4. The monoisotopic (exact) mass is 366 g/mol. The minimum absolute atomic E-state index is 0.0236. The molecule has 0 radical (unpaired) electrons. The summed E-state index contributed by atoms with van der Waals surface area (Å²) in [5, 5.41) is 2.83. The van der Waals surface area contributed by atoms with E-state index in [0.29, 0.717) is 23.4 Å². The van der Waals surface area contributed by atoms with Gasteiger partial charge in [0.05, 0.1) is 17.6 Å². The van der Waals surface area contributed by atoms with E-state index in [0.717, 1.165) is 11.3 Å². The van der Waals surface area contributed by atoms with Crippen molar-refractivity contribution in [3.05, 3.63) is 59.2 Å². The van der Waals surface area contributed by atoms with Crippen molar-refractivity contribution in [2.75, 3.05) is 23.9 Å². The molecule has 1 aliphatic heterocycles. The number of benzene rings is 2. The largest absolute Gasteiger partial charge is 0.462 e. The summed E-state index contributed by atoms with van der Waals surface area (Å²) in [6, 6.07) is 11.7. The zero-order valence-corrected chi connectivity index (χ0v) is 15.8. The first-order valence-electron chi connectivity index (χ1n) is 8.77. The zero-order valence-electron chi connectivity index (χ0n) is 15.8. The maximum Gasteiger partial charge on any atom is 0.338 e. The molecule has 0 aliphatic carbocycles. The lowest BCUT2D eigenvalue weighted by molar-refractivity contribution is -0.121. The quantitative estimate of drug-likeness (QED) is 0.842. The van der Waals surface area contributed by atoms with E-state index < -0.39 is 11.4 Å². The van der Waals surface area contributed by atoms with Crippen LogP contribution in [0, 0.1) is 0 Å². The molecular formula is C21H22N2O4. The third-order valence-corrected chi connectivity index (χ3v) is 4.79.